The van der Waals surface area contributed by atoms with Crippen LogP contribution >= 0.6 is 0 Å². The van der Waals surface area contributed by atoms with Crippen molar-refractivity contribution in [2.24, 2.45) is 0 Å². The standard InChI is InChI=1S/C13H8F6N2/c14-12(15,16)8-3-1-7(2-4-8)11-10(13(17,18)19)5-9(20)6-21-11/h1-6H,20H2. The van der Waals surface area contributed by atoms with Crippen LogP contribution < -0.4 is 5.73 Å². The molecule has 112 valence electrons. The number of hydrogen-bond donors (Lipinski definition) is 1. The minimum absolute atomic E-state index is 0.0738. The first-order chi connectivity index (χ1) is 9.59. The van der Waals surface area contributed by atoms with Crippen LogP contribution in [0.3, 0.4) is 0 Å². The van der Waals surface area contributed by atoms with E-state index in [-0.39, 0.29) is 11.3 Å². The van der Waals surface area contributed by atoms with Crippen molar-refractivity contribution in [3.63, 3.8) is 0 Å². The summed E-state index contributed by atoms with van der Waals surface area (Å²) in [5, 5.41) is 0. The molecule has 1 aromatic heterocycles. The normalized spacial score (nSPS) is 12.5. The van der Waals surface area contributed by atoms with Crippen molar-refractivity contribution in [2.75, 3.05) is 5.73 Å². The van der Waals surface area contributed by atoms with Gasteiger partial charge in [0.2, 0.25) is 0 Å². The van der Waals surface area contributed by atoms with Gasteiger partial charge in [0.15, 0.2) is 0 Å². The van der Waals surface area contributed by atoms with Gasteiger partial charge in [0.05, 0.1) is 28.7 Å². The number of halogens is 6. The Kier molecular flexibility index (Phi) is 3.56. The van der Waals surface area contributed by atoms with Crippen LogP contribution in [0.2, 0.25) is 0 Å². The molecule has 0 amide bonds. The first-order valence-electron chi connectivity index (χ1n) is 5.59. The first kappa shape index (κ1) is 15.1. The monoisotopic (exact) mass is 306 g/mol. The van der Waals surface area contributed by atoms with E-state index >= 15 is 0 Å². The van der Waals surface area contributed by atoms with Crippen LogP contribution in [0.5, 0.6) is 0 Å². The number of aromatic nitrogens is 1. The number of rotatable bonds is 1. The lowest BCUT2D eigenvalue weighted by Gasteiger charge is -2.13. The average molecular weight is 306 g/mol. The highest BCUT2D eigenvalue weighted by molar-refractivity contribution is 5.66. The number of pyridine rings is 1. The van der Waals surface area contributed by atoms with Crippen molar-refractivity contribution in [2.45, 2.75) is 12.4 Å². The number of nitrogen functional groups attached to an aromatic ring is 1. The molecule has 0 fully saturated rings. The highest BCUT2D eigenvalue weighted by Crippen LogP contribution is 2.37. The molecule has 1 heterocycles. The molecule has 2 N–H and O–H groups in total. The van der Waals surface area contributed by atoms with Crippen molar-refractivity contribution in [1.29, 1.82) is 0 Å². The molecule has 0 spiro atoms. The predicted molar refractivity (Wildman–Crippen MR) is 64.1 cm³/mol. The molecule has 0 bridgehead atoms. The SMILES string of the molecule is Nc1cnc(-c2ccc(C(F)(F)F)cc2)c(C(F)(F)F)c1. The van der Waals surface area contributed by atoms with Crippen molar-refractivity contribution >= 4 is 5.69 Å². The van der Waals surface area contributed by atoms with E-state index in [1.54, 1.807) is 0 Å². The van der Waals surface area contributed by atoms with Crippen molar-refractivity contribution in [1.82, 2.24) is 4.98 Å². The second-order valence-electron chi connectivity index (χ2n) is 4.24. The summed E-state index contributed by atoms with van der Waals surface area (Å²) in [6.07, 6.45) is -8.25. The van der Waals surface area contributed by atoms with E-state index in [9.17, 15) is 26.3 Å². The predicted octanol–water partition coefficient (Wildman–Crippen LogP) is 4.37. The third-order valence-corrected chi connectivity index (χ3v) is 2.70. The van der Waals surface area contributed by atoms with Gasteiger partial charge in [-0.2, -0.15) is 26.3 Å². The fraction of sp³-hybridized carbons (Fsp3) is 0.154. The summed E-state index contributed by atoms with van der Waals surface area (Å²) in [6.45, 7) is 0. The lowest BCUT2D eigenvalue weighted by atomic mass is 10.0. The average Bonchev–Trinajstić information content (AvgIpc) is 2.37. The lowest BCUT2D eigenvalue weighted by Crippen LogP contribution is -2.10. The molecule has 0 aliphatic carbocycles. The summed E-state index contributed by atoms with van der Waals surface area (Å²) < 4.78 is 76.0. The van der Waals surface area contributed by atoms with E-state index in [1.165, 1.54) is 0 Å². The Morgan fingerprint density at radius 3 is 1.90 bits per heavy atom. The van der Waals surface area contributed by atoms with Crippen LogP contribution in [0.15, 0.2) is 36.5 Å². The number of nitrogens with two attached hydrogens (primary N) is 1. The van der Waals surface area contributed by atoms with Crippen LogP contribution in [0.25, 0.3) is 11.3 Å². The Hall–Kier alpha value is -2.25. The van der Waals surface area contributed by atoms with Crippen LogP contribution in [0, 0.1) is 0 Å². The molecular formula is C13H8F6N2. The van der Waals surface area contributed by atoms with Gasteiger partial charge >= 0.3 is 12.4 Å². The number of benzene rings is 1. The Labute approximate surface area is 115 Å². The Bertz CT molecular complexity index is 643. The second-order valence-corrected chi connectivity index (χ2v) is 4.24. The topological polar surface area (TPSA) is 38.9 Å². The highest BCUT2D eigenvalue weighted by atomic mass is 19.4. The molecule has 0 radical (unpaired) electrons. The third kappa shape index (κ3) is 3.26. The molecule has 0 aliphatic rings. The highest BCUT2D eigenvalue weighted by Gasteiger charge is 2.35. The minimum atomic E-state index is -4.71. The molecule has 21 heavy (non-hydrogen) atoms. The smallest absolute Gasteiger partial charge is 0.397 e. The molecule has 0 atom stereocenters. The third-order valence-electron chi connectivity index (χ3n) is 2.70. The maximum absolute atomic E-state index is 12.9. The van der Waals surface area contributed by atoms with Gasteiger partial charge < -0.3 is 5.73 Å². The fourth-order valence-corrected chi connectivity index (χ4v) is 1.74. The van der Waals surface area contributed by atoms with Crippen molar-refractivity contribution in [3.8, 4) is 11.3 Å². The summed E-state index contributed by atoms with van der Waals surface area (Å²) in [5.74, 6) is 0. The Morgan fingerprint density at radius 2 is 1.43 bits per heavy atom. The number of anilines is 1. The van der Waals surface area contributed by atoms with Gasteiger partial charge in [-0.25, -0.2) is 0 Å². The van der Waals surface area contributed by atoms with Crippen LogP contribution in [0.4, 0.5) is 32.0 Å². The Balaban J connectivity index is 2.52. The molecule has 2 nitrogen and oxygen atoms in total. The maximum atomic E-state index is 12.9. The lowest BCUT2D eigenvalue weighted by molar-refractivity contribution is -0.138. The van der Waals surface area contributed by atoms with Crippen molar-refractivity contribution < 1.29 is 26.3 Å². The van der Waals surface area contributed by atoms with Crippen LogP contribution in [-0.4, -0.2) is 4.98 Å². The number of nitrogens with zero attached hydrogens (tertiary/aromatic N) is 1. The summed E-state index contributed by atoms with van der Waals surface area (Å²) >= 11 is 0. The van der Waals surface area contributed by atoms with Gasteiger partial charge in [0.1, 0.15) is 0 Å². The van der Waals surface area contributed by atoms with Gasteiger partial charge in [0.25, 0.3) is 0 Å². The number of hydrogen-bond acceptors (Lipinski definition) is 2. The Morgan fingerprint density at radius 1 is 0.857 bits per heavy atom. The molecule has 0 saturated heterocycles. The fourth-order valence-electron chi connectivity index (χ4n) is 1.74. The minimum Gasteiger partial charge on any atom is -0.397 e. The molecule has 8 heteroatoms. The molecule has 0 saturated carbocycles. The van der Waals surface area contributed by atoms with Gasteiger partial charge in [0, 0.05) is 5.56 Å². The molecule has 2 rings (SSSR count). The first-order valence-corrected chi connectivity index (χ1v) is 5.59. The zero-order valence-corrected chi connectivity index (χ0v) is 10.3. The zero-order valence-electron chi connectivity index (χ0n) is 10.3. The molecule has 2 aromatic rings. The van der Waals surface area contributed by atoms with E-state index < -0.39 is 29.2 Å². The van der Waals surface area contributed by atoms with E-state index in [4.69, 9.17) is 5.73 Å². The summed E-state index contributed by atoms with van der Waals surface area (Å²) in [5.41, 5.74) is 2.50. The molecular weight excluding hydrogens is 298 g/mol. The van der Waals surface area contributed by atoms with E-state index in [0.717, 1.165) is 18.3 Å². The van der Waals surface area contributed by atoms with Gasteiger partial charge in [-0.1, -0.05) is 12.1 Å². The summed E-state index contributed by atoms with van der Waals surface area (Å²) in [7, 11) is 0. The molecule has 0 aliphatic heterocycles. The van der Waals surface area contributed by atoms with Crippen molar-refractivity contribution in [3.05, 3.63) is 47.7 Å². The molecule has 0 unspecified atom stereocenters. The van der Waals surface area contributed by atoms with Crippen LogP contribution in [0.1, 0.15) is 11.1 Å². The maximum Gasteiger partial charge on any atom is 0.418 e. The summed E-state index contributed by atoms with van der Waals surface area (Å²) in [6, 6.07) is 3.98. The number of alkyl halides is 6. The van der Waals surface area contributed by atoms with E-state index in [2.05, 4.69) is 4.98 Å². The largest absolute Gasteiger partial charge is 0.418 e. The molecule has 1 aromatic carbocycles. The van der Waals surface area contributed by atoms with Gasteiger partial charge in [-0.15, -0.1) is 0 Å². The quantitative estimate of drug-likeness (QED) is 0.795. The van der Waals surface area contributed by atoms with Gasteiger partial charge in [-0.05, 0) is 18.2 Å². The van der Waals surface area contributed by atoms with E-state index in [0.29, 0.717) is 18.2 Å². The second kappa shape index (κ2) is 4.94. The van der Waals surface area contributed by atoms with Gasteiger partial charge in [-0.3, -0.25) is 4.98 Å². The summed E-state index contributed by atoms with van der Waals surface area (Å²) in [4.78, 5) is 3.58. The zero-order chi connectivity index (χ0) is 15.8. The van der Waals surface area contributed by atoms with Crippen LogP contribution in [-0.2, 0) is 12.4 Å². The van der Waals surface area contributed by atoms with E-state index in [1.807, 2.05) is 0 Å².